The molecular weight excluding hydrogens is 532 g/mol. The number of thiocarbonyl (C=S) groups is 1. The first kappa shape index (κ1) is 26.7. The van der Waals surface area contributed by atoms with Crippen molar-refractivity contribution in [2.75, 3.05) is 17.3 Å². The number of benzene rings is 2. The second kappa shape index (κ2) is 10.7. The van der Waals surface area contributed by atoms with Crippen molar-refractivity contribution < 1.29 is 13.9 Å². The highest BCUT2D eigenvalue weighted by Gasteiger charge is 2.43. The molecule has 200 valence electrons. The Hall–Kier alpha value is -3.88. The molecule has 0 saturated carbocycles. The number of pyridine rings is 1. The van der Waals surface area contributed by atoms with Gasteiger partial charge in [-0.1, -0.05) is 38.4 Å². The molecule has 2 atom stereocenters. The van der Waals surface area contributed by atoms with Crippen molar-refractivity contribution in [2.24, 2.45) is 5.41 Å². The van der Waals surface area contributed by atoms with Gasteiger partial charge in [0.25, 0.3) is 0 Å². The van der Waals surface area contributed by atoms with E-state index < -0.39 is 5.41 Å². The molecule has 1 aliphatic rings. The largest absolute Gasteiger partial charge is 0.494 e. The normalized spacial score (nSPS) is 17.2. The summed E-state index contributed by atoms with van der Waals surface area (Å²) in [5, 5.41) is 7.58. The predicted molar refractivity (Wildman–Crippen MR) is 158 cm³/mol. The molecule has 2 N–H and O–H groups in total. The van der Waals surface area contributed by atoms with Crippen LogP contribution in [0.1, 0.15) is 44.3 Å². The molecule has 1 fully saturated rings. The molecule has 0 bridgehead atoms. The van der Waals surface area contributed by atoms with Crippen molar-refractivity contribution >= 4 is 46.2 Å². The van der Waals surface area contributed by atoms with Gasteiger partial charge in [-0.25, -0.2) is 0 Å². The molecule has 39 heavy (non-hydrogen) atoms. The summed E-state index contributed by atoms with van der Waals surface area (Å²) in [6, 6.07) is 22.2. The highest BCUT2D eigenvalue weighted by molar-refractivity contribution is 7.80. The van der Waals surface area contributed by atoms with Crippen LogP contribution in [-0.4, -0.2) is 23.1 Å². The van der Waals surface area contributed by atoms with Crippen LogP contribution in [0.3, 0.4) is 0 Å². The van der Waals surface area contributed by atoms with Crippen molar-refractivity contribution in [1.29, 1.82) is 0 Å². The minimum atomic E-state index is -0.549. The van der Waals surface area contributed by atoms with Crippen LogP contribution in [0.2, 0.25) is 5.02 Å². The molecule has 0 spiro atoms. The summed E-state index contributed by atoms with van der Waals surface area (Å²) in [5.41, 5.74) is 2.57. The van der Waals surface area contributed by atoms with Crippen LogP contribution >= 0.6 is 23.8 Å². The van der Waals surface area contributed by atoms with E-state index in [1.54, 1.807) is 13.3 Å². The third-order valence-corrected chi connectivity index (χ3v) is 7.10. The number of anilines is 2. The molecule has 1 saturated heterocycles. The summed E-state index contributed by atoms with van der Waals surface area (Å²) in [4.78, 5) is 19.2. The van der Waals surface area contributed by atoms with Crippen molar-refractivity contribution in [2.45, 2.75) is 32.9 Å². The molecular formula is C30H29ClN4O3S. The van der Waals surface area contributed by atoms with E-state index in [0.29, 0.717) is 27.3 Å². The smallest absolute Gasteiger partial charge is 0.229 e. The number of carbonyl (C=O) groups excluding carboxylic acids is 1. The molecule has 2 aromatic heterocycles. The van der Waals surface area contributed by atoms with Gasteiger partial charge in [0.05, 0.1) is 24.5 Å². The summed E-state index contributed by atoms with van der Waals surface area (Å²) in [7, 11) is 1.57. The van der Waals surface area contributed by atoms with Crippen LogP contribution in [0, 0.1) is 5.41 Å². The van der Waals surface area contributed by atoms with Gasteiger partial charge in [0.2, 0.25) is 5.91 Å². The van der Waals surface area contributed by atoms with Crippen molar-refractivity contribution in [3.05, 3.63) is 95.5 Å². The molecule has 9 heteroatoms. The Morgan fingerprint density at radius 3 is 2.54 bits per heavy atom. The first-order valence-electron chi connectivity index (χ1n) is 12.5. The number of hydrogen-bond acceptors (Lipinski definition) is 5. The molecule has 1 amide bonds. The van der Waals surface area contributed by atoms with Gasteiger partial charge in [-0.2, -0.15) is 0 Å². The van der Waals surface area contributed by atoms with Crippen LogP contribution in [0.4, 0.5) is 11.4 Å². The fourth-order valence-corrected chi connectivity index (χ4v) is 4.92. The summed E-state index contributed by atoms with van der Waals surface area (Å²) in [6.07, 6.45) is 1.76. The monoisotopic (exact) mass is 560 g/mol. The summed E-state index contributed by atoms with van der Waals surface area (Å²) in [5.74, 6) is 1.85. The molecule has 5 rings (SSSR count). The first-order chi connectivity index (χ1) is 18.7. The second-order valence-corrected chi connectivity index (χ2v) is 11.1. The number of rotatable bonds is 6. The average molecular weight is 561 g/mol. The summed E-state index contributed by atoms with van der Waals surface area (Å²) >= 11 is 11.9. The number of aromatic nitrogens is 1. The number of nitrogens with one attached hydrogen (secondary N) is 2. The zero-order valence-electron chi connectivity index (χ0n) is 22.1. The summed E-state index contributed by atoms with van der Waals surface area (Å²) in [6.45, 7) is 5.59. The molecule has 4 aromatic rings. The van der Waals surface area contributed by atoms with Crippen molar-refractivity contribution in [3.63, 3.8) is 0 Å². The van der Waals surface area contributed by atoms with E-state index in [1.165, 1.54) is 0 Å². The third-order valence-electron chi connectivity index (χ3n) is 6.54. The van der Waals surface area contributed by atoms with E-state index in [-0.39, 0.29) is 18.0 Å². The van der Waals surface area contributed by atoms with E-state index in [2.05, 4.69) is 15.6 Å². The van der Waals surface area contributed by atoms with Gasteiger partial charge in [0.1, 0.15) is 23.3 Å². The summed E-state index contributed by atoms with van der Waals surface area (Å²) < 4.78 is 12.1. The topological polar surface area (TPSA) is 79.6 Å². The fourth-order valence-electron chi connectivity index (χ4n) is 4.45. The maximum absolute atomic E-state index is 12.6. The Bertz CT molecular complexity index is 1500. The Morgan fingerprint density at radius 1 is 1.10 bits per heavy atom. The maximum atomic E-state index is 12.6. The third kappa shape index (κ3) is 5.48. The van der Waals surface area contributed by atoms with Gasteiger partial charge in [-0.05, 0) is 72.9 Å². The number of nitrogens with zero attached hydrogens (tertiary/aromatic N) is 2. The number of furan rings is 1. The Morgan fingerprint density at radius 2 is 1.87 bits per heavy atom. The molecule has 2 aromatic carbocycles. The van der Waals surface area contributed by atoms with E-state index in [0.717, 1.165) is 22.7 Å². The number of ether oxygens (including phenoxy) is 1. The van der Waals surface area contributed by atoms with E-state index in [1.807, 2.05) is 98.5 Å². The van der Waals surface area contributed by atoms with Crippen LogP contribution < -0.4 is 20.3 Å². The first-order valence-corrected chi connectivity index (χ1v) is 13.3. The van der Waals surface area contributed by atoms with Crippen LogP contribution in [-0.2, 0) is 4.79 Å². The number of halogens is 1. The van der Waals surface area contributed by atoms with E-state index in [4.69, 9.17) is 33.0 Å². The number of methoxy groups -OCH3 is 1. The Kier molecular flexibility index (Phi) is 7.34. The molecule has 0 aliphatic carbocycles. The van der Waals surface area contributed by atoms with Gasteiger partial charge in [-0.15, -0.1) is 0 Å². The lowest BCUT2D eigenvalue weighted by Gasteiger charge is -2.27. The van der Waals surface area contributed by atoms with E-state index >= 15 is 0 Å². The average Bonchev–Trinajstić information content (AvgIpc) is 3.54. The highest BCUT2D eigenvalue weighted by atomic mass is 35.5. The molecule has 1 aliphatic heterocycles. The molecule has 0 unspecified atom stereocenters. The predicted octanol–water partition coefficient (Wildman–Crippen LogP) is 7.17. The van der Waals surface area contributed by atoms with Crippen LogP contribution in [0.15, 0.2) is 83.4 Å². The number of amides is 1. The Balaban J connectivity index is 1.55. The minimum absolute atomic E-state index is 0.106. The van der Waals surface area contributed by atoms with Crippen molar-refractivity contribution in [3.8, 4) is 17.1 Å². The number of carbonyl (C=O) groups is 1. The van der Waals surface area contributed by atoms with Crippen LogP contribution in [0.25, 0.3) is 11.3 Å². The molecule has 3 heterocycles. The highest BCUT2D eigenvalue weighted by Crippen LogP contribution is 2.44. The van der Waals surface area contributed by atoms with Gasteiger partial charge in [-0.3, -0.25) is 9.78 Å². The van der Waals surface area contributed by atoms with Gasteiger partial charge in [0, 0.05) is 34.0 Å². The van der Waals surface area contributed by atoms with Crippen molar-refractivity contribution in [1.82, 2.24) is 10.3 Å². The zero-order valence-corrected chi connectivity index (χ0v) is 23.6. The lowest BCUT2D eigenvalue weighted by atomic mass is 9.95. The van der Waals surface area contributed by atoms with Gasteiger partial charge >= 0.3 is 0 Å². The van der Waals surface area contributed by atoms with Gasteiger partial charge in [0.15, 0.2) is 5.11 Å². The zero-order chi connectivity index (χ0) is 27.7. The lowest BCUT2D eigenvalue weighted by molar-refractivity contribution is -0.123. The SMILES string of the molecule is COc1cc(N2C(=S)N[C@@H](c3ccccn3)[C@@H]2c2ccc(-c3ccc(Cl)cc3)o2)ccc1NC(=O)C(C)(C)C. The quantitative estimate of drug-likeness (QED) is 0.242. The van der Waals surface area contributed by atoms with E-state index in [9.17, 15) is 4.79 Å². The second-order valence-electron chi connectivity index (χ2n) is 10.3. The minimum Gasteiger partial charge on any atom is -0.494 e. The lowest BCUT2D eigenvalue weighted by Crippen LogP contribution is -2.30. The van der Waals surface area contributed by atoms with Crippen LogP contribution in [0.5, 0.6) is 5.75 Å². The molecule has 7 nitrogen and oxygen atoms in total. The fraction of sp³-hybridized carbons (Fsp3) is 0.233. The molecule has 0 radical (unpaired) electrons. The maximum Gasteiger partial charge on any atom is 0.229 e. The van der Waals surface area contributed by atoms with Gasteiger partial charge < -0.3 is 24.7 Å². The Labute approximate surface area is 238 Å². The number of hydrogen-bond donors (Lipinski definition) is 2. The standard InChI is InChI=1S/C30H29ClN4O3S/c1-30(2,3)28(36)33-21-13-12-20(17-25(21)37-4)35-27(26(34-29(35)39)22-7-5-6-16-32-22)24-15-14-23(38-24)18-8-10-19(31)11-9-18/h5-17,26-27H,1-4H3,(H,33,36)(H,34,39)/t26-,27-/m0/s1.